The second-order valence-electron chi connectivity index (χ2n) is 6.35. The number of hydrogen-bond donors (Lipinski definition) is 2. The minimum absolute atomic E-state index is 0.177. The van der Waals surface area contributed by atoms with E-state index in [1.54, 1.807) is 0 Å². The number of aliphatic hydroxyl groups is 1. The molecule has 1 aromatic carbocycles. The van der Waals surface area contributed by atoms with Crippen LogP contribution in [0.4, 0.5) is 0 Å². The predicted octanol–water partition coefficient (Wildman–Crippen LogP) is 3.11. The molecule has 0 aromatic heterocycles. The molecule has 0 unspecified atom stereocenters. The fourth-order valence-corrected chi connectivity index (χ4v) is 1.54. The molecular formula is C16H27NO2. The second kappa shape index (κ2) is 5.93. The van der Waals surface area contributed by atoms with Gasteiger partial charge in [-0.15, -0.1) is 0 Å². The zero-order valence-corrected chi connectivity index (χ0v) is 12.9. The van der Waals surface area contributed by atoms with Gasteiger partial charge in [-0.3, -0.25) is 0 Å². The second-order valence-corrected chi connectivity index (χ2v) is 6.35. The van der Waals surface area contributed by atoms with Crippen molar-refractivity contribution in [2.75, 3.05) is 0 Å². The molecule has 0 heterocycles. The summed E-state index contributed by atoms with van der Waals surface area (Å²) in [6, 6.07) is 8.05. The lowest BCUT2D eigenvalue weighted by Gasteiger charge is -2.38. The quantitative estimate of drug-likeness (QED) is 0.830. The van der Waals surface area contributed by atoms with Gasteiger partial charge < -0.3 is 15.2 Å². The van der Waals surface area contributed by atoms with E-state index < -0.39 is 5.60 Å². The van der Waals surface area contributed by atoms with Crippen molar-refractivity contribution in [3.8, 4) is 5.75 Å². The number of nitrogens with one attached hydrogen (secondary N) is 1. The van der Waals surface area contributed by atoms with Gasteiger partial charge in [0.2, 0.25) is 0 Å². The van der Waals surface area contributed by atoms with E-state index in [1.807, 2.05) is 59.7 Å². The molecule has 3 nitrogen and oxygen atoms in total. The van der Waals surface area contributed by atoms with Gasteiger partial charge in [-0.2, -0.15) is 0 Å². The van der Waals surface area contributed by atoms with E-state index in [2.05, 4.69) is 11.4 Å². The van der Waals surface area contributed by atoms with E-state index in [9.17, 15) is 5.11 Å². The Labute approximate surface area is 117 Å². The van der Waals surface area contributed by atoms with Crippen molar-refractivity contribution in [2.24, 2.45) is 0 Å². The Morgan fingerprint density at radius 3 is 2.37 bits per heavy atom. The molecule has 108 valence electrons. The Kier molecular flexibility index (Phi) is 4.99. The van der Waals surface area contributed by atoms with Crippen LogP contribution in [0.15, 0.2) is 24.3 Å². The SMILES string of the molecule is CC(C)Oc1cccc(CNC(C)(C)C(C)(C)O)c1. The first-order valence-electron chi connectivity index (χ1n) is 6.85. The molecule has 3 heteroatoms. The van der Waals surface area contributed by atoms with Crippen LogP contribution in [-0.4, -0.2) is 22.4 Å². The third-order valence-electron chi connectivity index (χ3n) is 3.53. The number of ether oxygens (including phenoxy) is 1. The molecular weight excluding hydrogens is 238 g/mol. The summed E-state index contributed by atoms with van der Waals surface area (Å²) in [5, 5.41) is 13.5. The van der Waals surface area contributed by atoms with Gasteiger partial charge in [0.05, 0.1) is 11.7 Å². The number of benzene rings is 1. The fraction of sp³-hybridized carbons (Fsp3) is 0.625. The van der Waals surface area contributed by atoms with Crippen LogP contribution in [0.2, 0.25) is 0 Å². The summed E-state index contributed by atoms with van der Waals surface area (Å²) in [7, 11) is 0. The van der Waals surface area contributed by atoms with Crippen molar-refractivity contribution in [2.45, 2.75) is 65.3 Å². The average molecular weight is 265 g/mol. The van der Waals surface area contributed by atoms with E-state index >= 15 is 0 Å². The summed E-state index contributed by atoms with van der Waals surface area (Å²) in [5.41, 5.74) is 0.0106. The molecule has 0 aliphatic carbocycles. The standard InChI is InChI=1S/C16H27NO2/c1-12(2)19-14-9-7-8-13(10-14)11-17-15(3,4)16(5,6)18/h7-10,12,17-18H,11H2,1-6H3. The topological polar surface area (TPSA) is 41.5 Å². The first kappa shape index (κ1) is 16.0. The Balaban J connectivity index is 2.68. The molecule has 0 saturated heterocycles. The smallest absolute Gasteiger partial charge is 0.120 e. The van der Waals surface area contributed by atoms with E-state index in [4.69, 9.17) is 4.74 Å². The molecule has 1 rings (SSSR count). The maximum atomic E-state index is 10.1. The highest BCUT2D eigenvalue weighted by atomic mass is 16.5. The zero-order valence-electron chi connectivity index (χ0n) is 12.9. The van der Waals surface area contributed by atoms with Crippen LogP contribution in [0.1, 0.15) is 47.1 Å². The molecule has 0 aliphatic rings. The lowest BCUT2D eigenvalue weighted by atomic mass is 9.86. The van der Waals surface area contributed by atoms with Gasteiger partial charge in [0.15, 0.2) is 0 Å². The Morgan fingerprint density at radius 1 is 1.21 bits per heavy atom. The molecule has 0 bridgehead atoms. The zero-order chi connectivity index (χ0) is 14.7. The van der Waals surface area contributed by atoms with Crippen LogP contribution in [0, 0.1) is 0 Å². The molecule has 0 amide bonds. The van der Waals surface area contributed by atoms with Gasteiger partial charge >= 0.3 is 0 Å². The highest BCUT2D eigenvalue weighted by Crippen LogP contribution is 2.22. The van der Waals surface area contributed by atoms with E-state index in [1.165, 1.54) is 0 Å². The van der Waals surface area contributed by atoms with Gasteiger partial charge in [0.25, 0.3) is 0 Å². The van der Waals surface area contributed by atoms with Crippen molar-refractivity contribution >= 4 is 0 Å². The fourth-order valence-electron chi connectivity index (χ4n) is 1.54. The maximum absolute atomic E-state index is 10.1. The van der Waals surface area contributed by atoms with E-state index in [0.29, 0.717) is 6.54 Å². The van der Waals surface area contributed by atoms with E-state index in [0.717, 1.165) is 11.3 Å². The summed E-state index contributed by atoms with van der Waals surface area (Å²) in [5.74, 6) is 0.885. The normalized spacial score (nSPS) is 12.8. The molecule has 0 spiro atoms. The molecule has 2 N–H and O–H groups in total. The minimum atomic E-state index is -0.779. The minimum Gasteiger partial charge on any atom is -0.491 e. The summed E-state index contributed by atoms with van der Waals surface area (Å²) >= 11 is 0. The molecule has 0 fully saturated rings. The Hall–Kier alpha value is -1.06. The highest BCUT2D eigenvalue weighted by Gasteiger charge is 2.34. The number of rotatable bonds is 6. The van der Waals surface area contributed by atoms with Crippen molar-refractivity contribution in [3.05, 3.63) is 29.8 Å². The van der Waals surface area contributed by atoms with Crippen molar-refractivity contribution in [1.82, 2.24) is 5.32 Å². The third kappa shape index (κ3) is 4.84. The van der Waals surface area contributed by atoms with Crippen LogP contribution in [0.25, 0.3) is 0 Å². The molecule has 19 heavy (non-hydrogen) atoms. The van der Waals surface area contributed by atoms with E-state index in [-0.39, 0.29) is 11.6 Å². The van der Waals surface area contributed by atoms with Gasteiger partial charge in [-0.25, -0.2) is 0 Å². The predicted molar refractivity (Wildman–Crippen MR) is 79.4 cm³/mol. The summed E-state index contributed by atoms with van der Waals surface area (Å²) in [6.07, 6.45) is 0.177. The Morgan fingerprint density at radius 2 is 1.84 bits per heavy atom. The summed E-state index contributed by atoms with van der Waals surface area (Å²) < 4.78 is 5.68. The first-order chi connectivity index (χ1) is 8.62. The highest BCUT2D eigenvalue weighted by molar-refractivity contribution is 5.28. The third-order valence-corrected chi connectivity index (χ3v) is 3.53. The summed E-state index contributed by atoms with van der Waals surface area (Å²) in [4.78, 5) is 0. The molecule has 1 aromatic rings. The summed E-state index contributed by atoms with van der Waals surface area (Å²) in [6.45, 7) is 12.4. The molecule has 0 aliphatic heterocycles. The Bertz CT molecular complexity index is 405. The van der Waals surface area contributed by atoms with Gasteiger partial charge in [0.1, 0.15) is 5.75 Å². The lowest BCUT2D eigenvalue weighted by Crippen LogP contribution is -2.55. The molecule has 0 atom stereocenters. The largest absolute Gasteiger partial charge is 0.491 e. The first-order valence-corrected chi connectivity index (χ1v) is 6.85. The van der Waals surface area contributed by atoms with Crippen molar-refractivity contribution in [3.63, 3.8) is 0 Å². The monoisotopic (exact) mass is 265 g/mol. The van der Waals surface area contributed by atoms with Gasteiger partial charge in [0, 0.05) is 12.1 Å². The average Bonchev–Trinajstić information content (AvgIpc) is 2.24. The maximum Gasteiger partial charge on any atom is 0.120 e. The van der Waals surface area contributed by atoms with Crippen LogP contribution in [-0.2, 0) is 6.54 Å². The van der Waals surface area contributed by atoms with Crippen molar-refractivity contribution in [1.29, 1.82) is 0 Å². The van der Waals surface area contributed by atoms with Crippen LogP contribution in [0.3, 0.4) is 0 Å². The van der Waals surface area contributed by atoms with Gasteiger partial charge in [-0.1, -0.05) is 12.1 Å². The lowest BCUT2D eigenvalue weighted by molar-refractivity contribution is -0.00532. The van der Waals surface area contributed by atoms with Gasteiger partial charge in [-0.05, 0) is 59.2 Å². The molecule has 0 saturated carbocycles. The van der Waals surface area contributed by atoms with Crippen LogP contribution in [0.5, 0.6) is 5.75 Å². The number of hydrogen-bond acceptors (Lipinski definition) is 3. The van der Waals surface area contributed by atoms with Crippen LogP contribution >= 0.6 is 0 Å². The van der Waals surface area contributed by atoms with Crippen LogP contribution < -0.4 is 10.1 Å². The molecule has 0 radical (unpaired) electrons. The van der Waals surface area contributed by atoms with Crippen molar-refractivity contribution < 1.29 is 9.84 Å².